The number of aryl methyl sites for hydroxylation is 1. The Morgan fingerprint density at radius 3 is 2.71 bits per heavy atom. The predicted octanol–water partition coefficient (Wildman–Crippen LogP) is 5.65. The first-order valence-corrected chi connectivity index (χ1v) is 7.38. The molecule has 0 spiro atoms. The van der Waals surface area contributed by atoms with Crippen molar-refractivity contribution in [2.45, 2.75) is 19.9 Å². The van der Waals surface area contributed by atoms with E-state index in [0.29, 0.717) is 0 Å². The predicted molar refractivity (Wildman–Crippen MR) is 80.2 cm³/mol. The first-order chi connectivity index (χ1) is 8.06. The summed E-state index contributed by atoms with van der Waals surface area (Å²) in [6.45, 7) is 4.21. The van der Waals surface area contributed by atoms with E-state index in [1.54, 1.807) is 11.3 Å². The summed E-state index contributed by atoms with van der Waals surface area (Å²) in [7, 11) is 0. The number of rotatable bonds is 3. The minimum Gasteiger partial charge on any atom is -0.378 e. The van der Waals surface area contributed by atoms with Gasteiger partial charge in [0.2, 0.25) is 0 Å². The molecule has 1 heterocycles. The largest absolute Gasteiger partial charge is 0.378 e. The van der Waals surface area contributed by atoms with Crippen molar-refractivity contribution in [2.24, 2.45) is 0 Å². The molecule has 1 nitrogen and oxygen atoms in total. The molecule has 1 aromatic heterocycles. The quantitative estimate of drug-likeness (QED) is 0.767. The third-order valence-electron chi connectivity index (χ3n) is 2.58. The SMILES string of the molecule is Cc1ccc(NC(C)c2csc(Cl)c2)c(Br)c1. The molecule has 2 rings (SSSR count). The van der Waals surface area contributed by atoms with Crippen LogP contribution in [0.25, 0.3) is 0 Å². The van der Waals surface area contributed by atoms with Gasteiger partial charge in [0.1, 0.15) is 0 Å². The van der Waals surface area contributed by atoms with Gasteiger partial charge in [-0.05, 0) is 64.5 Å². The lowest BCUT2D eigenvalue weighted by Gasteiger charge is -2.15. The molecule has 2 aromatic rings. The molecule has 1 aromatic carbocycles. The highest BCUT2D eigenvalue weighted by molar-refractivity contribution is 9.10. The summed E-state index contributed by atoms with van der Waals surface area (Å²) in [5, 5.41) is 5.55. The first kappa shape index (κ1) is 12.9. The summed E-state index contributed by atoms with van der Waals surface area (Å²) >= 11 is 11.1. The Hall–Kier alpha value is -0.510. The Morgan fingerprint density at radius 2 is 2.12 bits per heavy atom. The number of nitrogens with one attached hydrogen (secondary N) is 1. The second-order valence-corrected chi connectivity index (χ2v) is 6.43. The lowest BCUT2D eigenvalue weighted by atomic mass is 10.1. The van der Waals surface area contributed by atoms with Crippen LogP contribution in [0.2, 0.25) is 4.34 Å². The molecule has 0 radical (unpaired) electrons. The number of hydrogen-bond donors (Lipinski definition) is 1. The van der Waals surface area contributed by atoms with Crippen LogP contribution in [0.4, 0.5) is 5.69 Å². The second kappa shape index (κ2) is 5.42. The average Bonchev–Trinajstić information content (AvgIpc) is 2.69. The molecule has 1 unspecified atom stereocenters. The average molecular weight is 331 g/mol. The Balaban J connectivity index is 2.15. The van der Waals surface area contributed by atoms with Gasteiger partial charge < -0.3 is 5.32 Å². The van der Waals surface area contributed by atoms with E-state index in [2.05, 4.69) is 58.7 Å². The number of thiophene rings is 1. The lowest BCUT2D eigenvalue weighted by Crippen LogP contribution is -2.05. The molecule has 90 valence electrons. The normalized spacial score (nSPS) is 12.5. The van der Waals surface area contributed by atoms with Gasteiger partial charge in [-0.2, -0.15) is 0 Å². The maximum Gasteiger partial charge on any atom is 0.0931 e. The standard InChI is InChI=1S/C13H13BrClNS/c1-8-3-4-12(11(14)5-8)16-9(2)10-6-13(15)17-7-10/h3-7,9,16H,1-2H3. The van der Waals surface area contributed by atoms with Crippen LogP contribution >= 0.6 is 38.9 Å². The van der Waals surface area contributed by atoms with Crippen LogP contribution < -0.4 is 5.32 Å². The zero-order chi connectivity index (χ0) is 12.4. The molecular formula is C13H13BrClNS. The second-order valence-electron chi connectivity index (χ2n) is 4.03. The van der Waals surface area contributed by atoms with E-state index >= 15 is 0 Å². The molecule has 0 amide bonds. The molecule has 0 aliphatic heterocycles. The van der Waals surface area contributed by atoms with E-state index < -0.39 is 0 Å². The number of halogens is 2. The molecule has 0 aliphatic rings. The summed E-state index contributed by atoms with van der Waals surface area (Å²) in [5.41, 5.74) is 3.56. The zero-order valence-electron chi connectivity index (χ0n) is 9.63. The zero-order valence-corrected chi connectivity index (χ0v) is 12.8. The molecule has 0 aliphatic carbocycles. The van der Waals surface area contributed by atoms with Crippen LogP contribution in [-0.4, -0.2) is 0 Å². The van der Waals surface area contributed by atoms with Gasteiger partial charge in [-0.15, -0.1) is 11.3 Å². The Labute approximate surface area is 119 Å². The van der Waals surface area contributed by atoms with Crippen LogP contribution in [0.15, 0.2) is 34.1 Å². The third kappa shape index (κ3) is 3.24. The van der Waals surface area contributed by atoms with Gasteiger partial charge in [0, 0.05) is 16.2 Å². The maximum atomic E-state index is 5.94. The molecule has 0 bridgehead atoms. The highest BCUT2D eigenvalue weighted by atomic mass is 79.9. The van der Waals surface area contributed by atoms with Gasteiger partial charge in [-0.25, -0.2) is 0 Å². The molecule has 1 N–H and O–H groups in total. The topological polar surface area (TPSA) is 12.0 Å². The van der Waals surface area contributed by atoms with Gasteiger partial charge in [-0.1, -0.05) is 17.7 Å². The van der Waals surface area contributed by atoms with Gasteiger partial charge in [0.25, 0.3) is 0 Å². The highest BCUT2D eigenvalue weighted by Crippen LogP contribution is 2.30. The number of hydrogen-bond acceptors (Lipinski definition) is 2. The Bertz CT molecular complexity index is 524. The van der Waals surface area contributed by atoms with Crippen LogP contribution in [0.1, 0.15) is 24.1 Å². The van der Waals surface area contributed by atoms with Crippen molar-refractivity contribution >= 4 is 44.6 Å². The summed E-state index contributed by atoms with van der Waals surface area (Å²) in [6.07, 6.45) is 0. The van der Waals surface area contributed by atoms with E-state index in [-0.39, 0.29) is 6.04 Å². The van der Waals surface area contributed by atoms with Crippen molar-refractivity contribution < 1.29 is 0 Å². The fraction of sp³-hybridized carbons (Fsp3) is 0.231. The van der Waals surface area contributed by atoms with Crippen LogP contribution in [0.3, 0.4) is 0 Å². The van der Waals surface area contributed by atoms with Gasteiger partial charge in [0.15, 0.2) is 0 Å². The minimum atomic E-state index is 0.248. The van der Waals surface area contributed by atoms with E-state index in [9.17, 15) is 0 Å². The minimum absolute atomic E-state index is 0.248. The summed E-state index contributed by atoms with van der Waals surface area (Å²) in [5.74, 6) is 0. The van der Waals surface area contributed by atoms with Crippen molar-refractivity contribution in [3.8, 4) is 0 Å². The molecule has 0 saturated heterocycles. The Morgan fingerprint density at radius 1 is 1.35 bits per heavy atom. The van der Waals surface area contributed by atoms with Crippen LogP contribution in [-0.2, 0) is 0 Å². The molecule has 17 heavy (non-hydrogen) atoms. The van der Waals surface area contributed by atoms with Crippen molar-refractivity contribution in [3.05, 3.63) is 49.6 Å². The summed E-state index contributed by atoms with van der Waals surface area (Å²) < 4.78 is 1.92. The molecule has 1 atom stereocenters. The van der Waals surface area contributed by atoms with Gasteiger partial charge >= 0.3 is 0 Å². The Kier molecular flexibility index (Phi) is 4.13. The summed E-state index contributed by atoms with van der Waals surface area (Å²) in [4.78, 5) is 0. The van der Waals surface area contributed by atoms with Crippen molar-refractivity contribution in [3.63, 3.8) is 0 Å². The molecule has 4 heteroatoms. The molecular weight excluding hydrogens is 318 g/mol. The van der Waals surface area contributed by atoms with Crippen LogP contribution in [0, 0.1) is 6.92 Å². The molecule has 0 saturated carbocycles. The third-order valence-corrected chi connectivity index (χ3v) is 4.35. The monoisotopic (exact) mass is 329 g/mol. The number of benzene rings is 1. The number of anilines is 1. The van der Waals surface area contributed by atoms with Crippen LogP contribution in [0.5, 0.6) is 0 Å². The van der Waals surface area contributed by atoms with E-state index in [1.165, 1.54) is 11.1 Å². The van der Waals surface area contributed by atoms with Crippen molar-refractivity contribution in [1.82, 2.24) is 0 Å². The highest BCUT2D eigenvalue weighted by Gasteiger charge is 2.09. The molecule has 0 fully saturated rings. The smallest absolute Gasteiger partial charge is 0.0931 e. The van der Waals surface area contributed by atoms with E-state index in [0.717, 1.165) is 14.5 Å². The van der Waals surface area contributed by atoms with E-state index in [1.807, 2.05) is 6.07 Å². The lowest BCUT2D eigenvalue weighted by molar-refractivity contribution is 0.889. The fourth-order valence-electron chi connectivity index (χ4n) is 1.60. The van der Waals surface area contributed by atoms with Crippen molar-refractivity contribution in [2.75, 3.05) is 5.32 Å². The first-order valence-electron chi connectivity index (χ1n) is 5.33. The van der Waals surface area contributed by atoms with Crippen molar-refractivity contribution in [1.29, 1.82) is 0 Å². The fourth-order valence-corrected chi connectivity index (χ4v) is 3.20. The van der Waals surface area contributed by atoms with Gasteiger partial charge in [-0.3, -0.25) is 0 Å². The van der Waals surface area contributed by atoms with E-state index in [4.69, 9.17) is 11.6 Å². The van der Waals surface area contributed by atoms with Gasteiger partial charge in [0.05, 0.1) is 4.34 Å². The maximum absolute atomic E-state index is 5.94. The summed E-state index contributed by atoms with van der Waals surface area (Å²) in [6, 6.07) is 8.55.